The first kappa shape index (κ1) is 18.3. The van der Waals surface area contributed by atoms with Gasteiger partial charge in [-0.15, -0.1) is 0 Å². The van der Waals surface area contributed by atoms with E-state index in [2.05, 4.69) is 4.74 Å². The van der Waals surface area contributed by atoms with Gasteiger partial charge in [-0.25, -0.2) is 10.6 Å². The van der Waals surface area contributed by atoms with Crippen molar-refractivity contribution >= 4 is 17.8 Å². The van der Waals surface area contributed by atoms with E-state index in [0.29, 0.717) is 0 Å². The number of rotatable bonds is 7. The first-order valence-electron chi connectivity index (χ1n) is 6.19. The lowest BCUT2D eigenvalue weighted by atomic mass is 10.2. The van der Waals surface area contributed by atoms with Gasteiger partial charge in [-0.1, -0.05) is 0 Å². The number of esters is 2. The third kappa shape index (κ3) is 8.44. The zero-order chi connectivity index (χ0) is 15.8. The van der Waals surface area contributed by atoms with E-state index < -0.39 is 36.2 Å². The fourth-order valence-electron chi connectivity index (χ4n) is 1.23. The van der Waals surface area contributed by atoms with Crippen molar-refractivity contribution in [1.29, 1.82) is 0 Å². The van der Waals surface area contributed by atoms with Crippen LogP contribution in [0.5, 0.6) is 0 Å². The summed E-state index contributed by atoms with van der Waals surface area (Å²) in [7, 11) is 0. The molecule has 0 rings (SSSR count). The zero-order valence-electron chi connectivity index (χ0n) is 12.2. The molecule has 8 heteroatoms. The molecular weight excluding hydrogens is 268 g/mol. The Hall–Kier alpha value is -1.67. The Bertz CT molecular complexity index is 350. The molecule has 8 nitrogen and oxygen atoms in total. The summed E-state index contributed by atoms with van der Waals surface area (Å²) in [6.45, 7) is 6.48. The van der Waals surface area contributed by atoms with E-state index >= 15 is 0 Å². The number of carbonyl (C=O) groups is 3. The second-order valence-electron chi connectivity index (χ2n) is 4.90. The summed E-state index contributed by atoms with van der Waals surface area (Å²) >= 11 is 0. The van der Waals surface area contributed by atoms with Gasteiger partial charge in [0.25, 0.3) is 5.91 Å². The van der Waals surface area contributed by atoms with Crippen LogP contribution in [-0.4, -0.2) is 42.8 Å². The van der Waals surface area contributed by atoms with E-state index in [-0.39, 0.29) is 13.0 Å². The van der Waals surface area contributed by atoms with Gasteiger partial charge in [-0.3, -0.25) is 15.0 Å². The van der Waals surface area contributed by atoms with Gasteiger partial charge >= 0.3 is 11.9 Å². The molecule has 0 heterocycles. The van der Waals surface area contributed by atoms with Crippen molar-refractivity contribution in [3.8, 4) is 0 Å². The summed E-state index contributed by atoms with van der Waals surface area (Å²) in [6.07, 6.45) is -1.56. The minimum Gasteiger partial charge on any atom is -0.464 e. The summed E-state index contributed by atoms with van der Waals surface area (Å²) in [4.78, 5) is 34.2. The lowest BCUT2D eigenvalue weighted by Crippen LogP contribution is -2.43. The Morgan fingerprint density at radius 2 is 1.80 bits per heavy atom. The topological polar surface area (TPSA) is 117 Å². The summed E-state index contributed by atoms with van der Waals surface area (Å²) in [5.74, 6) is 3.01. The highest BCUT2D eigenvalue weighted by Crippen LogP contribution is 2.10. The van der Waals surface area contributed by atoms with Gasteiger partial charge in [-0.2, -0.15) is 0 Å². The molecule has 0 saturated carbocycles. The fourth-order valence-corrected chi connectivity index (χ4v) is 1.23. The van der Waals surface area contributed by atoms with Crippen molar-refractivity contribution in [3.05, 3.63) is 0 Å². The van der Waals surface area contributed by atoms with Crippen LogP contribution < -0.4 is 11.3 Å². The van der Waals surface area contributed by atoms with E-state index in [4.69, 9.17) is 15.3 Å². The first-order valence-corrected chi connectivity index (χ1v) is 6.19. The van der Waals surface area contributed by atoms with Crippen LogP contribution in [0.15, 0.2) is 0 Å². The maximum absolute atomic E-state index is 11.6. The van der Waals surface area contributed by atoms with Gasteiger partial charge in [0.2, 0.25) is 0 Å². The minimum atomic E-state index is -1.21. The van der Waals surface area contributed by atoms with Crippen LogP contribution in [0.25, 0.3) is 0 Å². The molecule has 0 aliphatic carbocycles. The number of hydrogen-bond donors (Lipinski definition) is 2. The second-order valence-corrected chi connectivity index (χ2v) is 4.90. The molecule has 0 aromatic rings. The van der Waals surface area contributed by atoms with Gasteiger partial charge < -0.3 is 14.2 Å². The van der Waals surface area contributed by atoms with Gasteiger partial charge in [0.05, 0.1) is 13.0 Å². The van der Waals surface area contributed by atoms with Crippen molar-refractivity contribution in [2.24, 2.45) is 5.84 Å². The highest BCUT2D eigenvalue weighted by atomic mass is 16.6. The highest BCUT2D eigenvalue weighted by Gasteiger charge is 2.26. The first-order chi connectivity index (χ1) is 9.19. The Morgan fingerprint density at radius 1 is 1.20 bits per heavy atom. The molecule has 0 unspecified atom stereocenters. The predicted molar refractivity (Wildman–Crippen MR) is 69.2 cm³/mol. The van der Waals surface area contributed by atoms with E-state index in [1.165, 1.54) is 0 Å². The minimum absolute atomic E-state index is 0.196. The molecule has 1 atom stereocenters. The third-order valence-corrected chi connectivity index (χ3v) is 1.91. The number of carbonyl (C=O) groups excluding carboxylic acids is 3. The number of ether oxygens (including phenoxy) is 3. The van der Waals surface area contributed by atoms with Crippen LogP contribution >= 0.6 is 0 Å². The van der Waals surface area contributed by atoms with Gasteiger partial charge in [-0.05, 0) is 27.7 Å². The van der Waals surface area contributed by atoms with Crippen molar-refractivity contribution in [2.45, 2.75) is 45.8 Å². The molecule has 0 aromatic carbocycles. The van der Waals surface area contributed by atoms with E-state index in [1.807, 2.05) is 5.43 Å². The maximum Gasteiger partial charge on any atom is 0.332 e. The van der Waals surface area contributed by atoms with Gasteiger partial charge in [0.15, 0.2) is 0 Å². The van der Waals surface area contributed by atoms with Crippen molar-refractivity contribution in [3.63, 3.8) is 0 Å². The van der Waals surface area contributed by atoms with Gasteiger partial charge in [0.1, 0.15) is 18.3 Å². The van der Waals surface area contributed by atoms with Crippen LogP contribution in [0.2, 0.25) is 0 Å². The zero-order valence-corrected chi connectivity index (χ0v) is 12.2. The third-order valence-electron chi connectivity index (χ3n) is 1.91. The maximum atomic E-state index is 11.6. The molecule has 0 aromatic heterocycles. The van der Waals surface area contributed by atoms with Crippen LogP contribution in [-0.2, 0) is 28.6 Å². The molecule has 116 valence electrons. The summed E-state index contributed by atoms with van der Waals surface area (Å²) in [6, 6.07) is 0. The Morgan fingerprint density at radius 3 is 2.25 bits per heavy atom. The standard InChI is InChI=1S/C12H22N2O6/c1-5-18-10(16)7-19-8(11(17)14-13)6-9(15)20-12(2,3)4/h8H,5-7,13H2,1-4H3,(H,14,17)/t8-/m0/s1. The summed E-state index contributed by atoms with van der Waals surface area (Å²) in [5.41, 5.74) is 1.19. The Balaban J connectivity index is 4.46. The number of hydrazine groups is 1. The quantitative estimate of drug-likeness (QED) is 0.285. The Labute approximate surface area is 117 Å². The second kappa shape index (κ2) is 8.49. The normalized spacial score (nSPS) is 12.4. The monoisotopic (exact) mass is 290 g/mol. The average molecular weight is 290 g/mol. The largest absolute Gasteiger partial charge is 0.464 e. The molecule has 1 amide bonds. The number of nitrogens with two attached hydrogens (primary N) is 1. The predicted octanol–water partition coefficient (Wildman–Crippen LogP) is -0.344. The molecule has 0 bridgehead atoms. The number of nitrogens with one attached hydrogen (secondary N) is 1. The lowest BCUT2D eigenvalue weighted by molar-refractivity contribution is -0.164. The van der Waals surface area contributed by atoms with E-state index in [0.717, 1.165) is 0 Å². The number of amides is 1. The molecule has 0 fully saturated rings. The molecule has 20 heavy (non-hydrogen) atoms. The van der Waals surface area contributed by atoms with Crippen molar-refractivity contribution in [2.75, 3.05) is 13.2 Å². The number of hydrogen-bond acceptors (Lipinski definition) is 7. The van der Waals surface area contributed by atoms with Crippen molar-refractivity contribution < 1.29 is 28.6 Å². The van der Waals surface area contributed by atoms with Crippen LogP contribution in [0.4, 0.5) is 0 Å². The Kier molecular flexibility index (Phi) is 7.78. The summed E-state index contributed by atoms with van der Waals surface area (Å²) in [5, 5.41) is 0. The SMILES string of the molecule is CCOC(=O)CO[C@@H](CC(=O)OC(C)(C)C)C(=O)NN. The van der Waals surface area contributed by atoms with E-state index in [1.54, 1.807) is 27.7 Å². The van der Waals surface area contributed by atoms with Gasteiger partial charge in [0, 0.05) is 0 Å². The molecule has 0 spiro atoms. The fraction of sp³-hybridized carbons (Fsp3) is 0.750. The molecule has 0 saturated heterocycles. The highest BCUT2D eigenvalue weighted by molar-refractivity contribution is 5.85. The van der Waals surface area contributed by atoms with Crippen molar-refractivity contribution in [1.82, 2.24) is 5.43 Å². The summed E-state index contributed by atoms with van der Waals surface area (Å²) < 4.78 is 14.7. The smallest absolute Gasteiger partial charge is 0.332 e. The molecule has 0 radical (unpaired) electrons. The molecule has 0 aliphatic heterocycles. The van der Waals surface area contributed by atoms with Crippen LogP contribution in [0.1, 0.15) is 34.1 Å². The van der Waals surface area contributed by atoms with Crippen LogP contribution in [0.3, 0.4) is 0 Å². The van der Waals surface area contributed by atoms with Crippen LogP contribution in [0, 0.1) is 0 Å². The molecule has 3 N–H and O–H groups in total. The molecular formula is C12H22N2O6. The van der Waals surface area contributed by atoms with E-state index in [9.17, 15) is 14.4 Å². The lowest BCUT2D eigenvalue weighted by Gasteiger charge is -2.21. The average Bonchev–Trinajstić information content (AvgIpc) is 2.31. The molecule has 0 aliphatic rings.